The van der Waals surface area contributed by atoms with Crippen molar-refractivity contribution >= 4 is 8.32 Å². The highest BCUT2D eigenvalue weighted by molar-refractivity contribution is 6.74. The maximum absolute atomic E-state index is 6.67. The fourth-order valence-electron chi connectivity index (χ4n) is 2.33. The summed E-state index contributed by atoms with van der Waals surface area (Å²) in [5.74, 6) is 7.17. The van der Waals surface area contributed by atoms with Crippen molar-refractivity contribution in [2.24, 2.45) is 0 Å². The monoisotopic (exact) mass is 390 g/mol. The largest absolute Gasteiger partial charge is 0.496 e. The van der Waals surface area contributed by atoms with Gasteiger partial charge in [-0.15, -0.1) is 6.58 Å². The topological polar surface area (TPSA) is 36.9 Å². The Morgan fingerprint density at radius 2 is 1.93 bits per heavy atom. The van der Waals surface area contributed by atoms with Crippen molar-refractivity contribution in [3.8, 4) is 17.6 Å². The van der Waals surface area contributed by atoms with Crippen LogP contribution in [0.25, 0.3) is 0 Å². The Kier molecular flexibility index (Phi) is 9.27. The molecule has 27 heavy (non-hydrogen) atoms. The fourth-order valence-corrected chi connectivity index (χ4v) is 3.46. The van der Waals surface area contributed by atoms with Crippen molar-refractivity contribution in [3.05, 3.63) is 42.0 Å². The van der Waals surface area contributed by atoms with Crippen LogP contribution in [0.2, 0.25) is 18.1 Å². The van der Waals surface area contributed by atoms with Crippen molar-refractivity contribution in [1.82, 2.24) is 0 Å². The van der Waals surface area contributed by atoms with Crippen LogP contribution in [0.15, 0.2) is 30.9 Å². The molecule has 150 valence electrons. The van der Waals surface area contributed by atoms with Crippen LogP contribution in [-0.4, -0.2) is 35.9 Å². The van der Waals surface area contributed by atoms with E-state index < -0.39 is 8.32 Å². The summed E-state index contributed by atoms with van der Waals surface area (Å²) in [7, 11) is 1.24. The van der Waals surface area contributed by atoms with Crippen LogP contribution in [0.3, 0.4) is 0 Å². The lowest BCUT2D eigenvalue weighted by Crippen LogP contribution is -2.41. The number of ether oxygens (including phenoxy) is 3. The van der Waals surface area contributed by atoms with Gasteiger partial charge < -0.3 is 18.6 Å². The molecule has 0 spiro atoms. The molecule has 5 heteroatoms. The quantitative estimate of drug-likeness (QED) is 0.193. The number of hydrogen-bond donors (Lipinski definition) is 0. The first-order valence-electron chi connectivity index (χ1n) is 9.17. The van der Waals surface area contributed by atoms with Gasteiger partial charge in [0.1, 0.15) is 25.3 Å². The lowest BCUT2D eigenvalue weighted by Gasteiger charge is -2.38. The normalized spacial score (nSPS) is 12.9. The molecular formula is C22H34O4Si. The van der Waals surface area contributed by atoms with Gasteiger partial charge in [0.15, 0.2) is 8.32 Å². The Balaban J connectivity index is 3.31. The summed E-state index contributed by atoms with van der Waals surface area (Å²) in [5, 5.41) is 0.0803. The first-order chi connectivity index (χ1) is 12.7. The Hall–Kier alpha value is -1.58. The van der Waals surface area contributed by atoms with Crippen LogP contribution >= 0.6 is 0 Å². The lowest BCUT2D eigenvalue weighted by molar-refractivity contribution is -0.0166. The van der Waals surface area contributed by atoms with Gasteiger partial charge in [0.25, 0.3) is 0 Å². The molecule has 0 bridgehead atoms. The standard InChI is InChI=1S/C22H34O4Si/c1-9-12-18-19(13-10-14-20(18)24-6)21(15-11-16-25-17-23-5)26-27(7,8)22(2,3)4/h9-10,13-14,21H,1,12,16-17H2,2-8H3/t21-/m0/s1. The minimum atomic E-state index is -2.03. The van der Waals surface area contributed by atoms with Gasteiger partial charge in [-0.1, -0.05) is 50.8 Å². The van der Waals surface area contributed by atoms with Crippen LogP contribution in [0.1, 0.15) is 38.0 Å². The highest BCUT2D eigenvalue weighted by Crippen LogP contribution is 2.41. The third-order valence-electron chi connectivity index (χ3n) is 4.85. The van der Waals surface area contributed by atoms with Crippen LogP contribution < -0.4 is 4.74 Å². The molecule has 1 atom stereocenters. The zero-order chi connectivity index (χ0) is 20.5. The molecule has 0 aromatic heterocycles. The van der Waals surface area contributed by atoms with E-state index in [1.54, 1.807) is 14.2 Å². The number of allylic oxidation sites excluding steroid dienone is 1. The van der Waals surface area contributed by atoms with Crippen LogP contribution in [0.4, 0.5) is 0 Å². The van der Waals surface area contributed by atoms with Gasteiger partial charge in [-0.3, -0.25) is 0 Å². The molecule has 1 rings (SSSR count). The molecule has 0 amide bonds. The van der Waals surface area contributed by atoms with E-state index in [9.17, 15) is 0 Å². The molecule has 1 aromatic rings. The average molecular weight is 391 g/mol. The molecule has 0 radical (unpaired) electrons. The lowest BCUT2D eigenvalue weighted by atomic mass is 9.99. The Morgan fingerprint density at radius 3 is 2.48 bits per heavy atom. The molecule has 1 aromatic carbocycles. The molecular weight excluding hydrogens is 356 g/mol. The molecule has 0 aliphatic rings. The minimum Gasteiger partial charge on any atom is -0.496 e. The van der Waals surface area contributed by atoms with Crippen molar-refractivity contribution in [2.45, 2.75) is 51.4 Å². The summed E-state index contributed by atoms with van der Waals surface area (Å²) in [6.45, 7) is 15.5. The van der Waals surface area contributed by atoms with E-state index in [-0.39, 0.29) is 17.9 Å². The van der Waals surface area contributed by atoms with E-state index in [1.807, 2.05) is 18.2 Å². The smallest absolute Gasteiger partial charge is 0.194 e. The molecule has 0 heterocycles. The fraction of sp³-hybridized carbons (Fsp3) is 0.545. The maximum Gasteiger partial charge on any atom is 0.194 e. The van der Waals surface area contributed by atoms with Crippen molar-refractivity contribution in [3.63, 3.8) is 0 Å². The molecule has 0 fully saturated rings. The summed E-state index contributed by atoms with van der Waals surface area (Å²) < 4.78 is 22.4. The van der Waals surface area contributed by atoms with Gasteiger partial charge in [-0.25, -0.2) is 0 Å². The molecule has 4 nitrogen and oxygen atoms in total. The molecule has 0 aliphatic heterocycles. The first-order valence-corrected chi connectivity index (χ1v) is 12.1. The highest BCUT2D eigenvalue weighted by Gasteiger charge is 2.39. The third-order valence-corrected chi connectivity index (χ3v) is 9.28. The second-order valence-electron chi connectivity index (χ2n) is 7.86. The third kappa shape index (κ3) is 6.82. The predicted octanol–water partition coefficient (Wildman–Crippen LogP) is 5.11. The van der Waals surface area contributed by atoms with E-state index in [4.69, 9.17) is 18.6 Å². The van der Waals surface area contributed by atoms with Gasteiger partial charge in [0.05, 0.1) is 7.11 Å². The first kappa shape index (κ1) is 23.5. The number of hydrogen-bond acceptors (Lipinski definition) is 4. The van der Waals surface area contributed by atoms with Gasteiger partial charge >= 0.3 is 0 Å². The zero-order valence-corrected chi connectivity index (χ0v) is 18.8. The second-order valence-corrected chi connectivity index (χ2v) is 12.6. The maximum atomic E-state index is 6.67. The van der Waals surface area contributed by atoms with Crippen molar-refractivity contribution < 1.29 is 18.6 Å². The summed E-state index contributed by atoms with van der Waals surface area (Å²) in [6, 6.07) is 6.00. The van der Waals surface area contributed by atoms with E-state index in [0.29, 0.717) is 13.0 Å². The molecule has 0 saturated carbocycles. The van der Waals surface area contributed by atoms with Crippen molar-refractivity contribution in [2.75, 3.05) is 27.6 Å². The molecule has 0 N–H and O–H groups in total. The summed E-state index contributed by atoms with van der Waals surface area (Å²) in [5.41, 5.74) is 2.09. The van der Waals surface area contributed by atoms with Crippen LogP contribution in [0, 0.1) is 11.8 Å². The van der Waals surface area contributed by atoms with Gasteiger partial charge in [0, 0.05) is 12.7 Å². The van der Waals surface area contributed by atoms with E-state index in [0.717, 1.165) is 16.9 Å². The van der Waals surface area contributed by atoms with E-state index in [2.05, 4.69) is 58.4 Å². The van der Waals surface area contributed by atoms with Gasteiger partial charge in [0.2, 0.25) is 0 Å². The predicted molar refractivity (Wildman–Crippen MR) is 114 cm³/mol. The SMILES string of the molecule is C=CCc1c(OC)cccc1[C@H](C#CCOCOC)O[Si](C)(C)C(C)(C)C. The van der Waals surface area contributed by atoms with Gasteiger partial charge in [-0.2, -0.15) is 0 Å². The molecule has 0 unspecified atom stereocenters. The Bertz CT molecular complexity index is 665. The minimum absolute atomic E-state index is 0.0803. The molecule has 0 saturated heterocycles. The number of rotatable bonds is 9. The number of benzene rings is 1. The summed E-state index contributed by atoms with van der Waals surface area (Å²) in [6.07, 6.45) is 2.22. The highest BCUT2D eigenvalue weighted by atomic mass is 28.4. The van der Waals surface area contributed by atoms with Crippen molar-refractivity contribution in [1.29, 1.82) is 0 Å². The summed E-state index contributed by atoms with van der Waals surface area (Å²) in [4.78, 5) is 0. The average Bonchev–Trinajstić information content (AvgIpc) is 2.60. The molecule has 0 aliphatic carbocycles. The summed E-state index contributed by atoms with van der Waals surface area (Å²) >= 11 is 0. The van der Waals surface area contributed by atoms with E-state index >= 15 is 0 Å². The Labute approximate surface area is 166 Å². The zero-order valence-electron chi connectivity index (χ0n) is 17.8. The van der Waals surface area contributed by atoms with Crippen LogP contribution in [0.5, 0.6) is 5.75 Å². The second kappa shape index (κ2) is 10.7. The Morgan fingerprint density at radius 1 is 1.22 bits per heavy atom. The van der Waals surface area contributed by atoms with Gasteiger partial charge in [-0.05, 0) is 36.2 Å². The van der Waals surface area contributed by atoms with Crippen LogP contribution in [-0.2, 0) is 20.3 Å². The van der Waals surface area contributed by atoms with E-state index in [1.165, 1.54) is 0 Å². The number of methoxy groups -OCH3 is 2.